The van der Waals surface area contributed by atoms with Gasteiger partial charge in [-0.15, -0.1) is 0 Å². The van der Waals surface area contributed by atoms with Gasteiger partial charge >= 0.3 is 6.09 Å². The van der Waals surface area contributed by atoms with Crippen LogP contribution < -0.4 is 11.1 Å². The van der Waals surface area contributed by atoms with Crippen molar-refractivity contribution in [3.05, 3.63) is 29.8 Å². The van der Waals surface area contributed by atoms with Gasteiger partial charge in [0.1, 0.15) is 6.10 Å². The van der Waals surface area contributed by atoms with Crippen LogP contribution in [0.25, 0.3) is 0 Å². The second-order valence-corrected chi connectivity index (χ2v) is 5.04. The minimum atomic E-state index is -0.481. The molecule has 3 N–H and O–H groups in total. The molecule has 1 aromatic rings. The van der Waals surface area contributed by atoms with Crippen molar-refractivity contribution in [1.29, 1.82) is 5.26 Å². The van der Waals surface area contributed by atoms with Crippen LogP contribution >= 0.6 is 0 Å². The highest BCUT2D eigenvalue weighted by Gasteiger charge is 2.27. The molecule has 0 radical (unpaired) electrons. The van der Waals surface area contributed by atoms with E-state index < -0.39 is 6.09 Å². The third-order valence-electron chi connectivity index (χ3n) is 3.64. The van der Waals surface area contributed by atoms with Gasteiger partial charge in [-0.25, -0.2) is 4.79 Å². The van der Waals surface area contributed by atoms with Gasteiger partial charge in [-0.2, -0.15) is 5.26 Å². The first kappa shape index (κ1) is 14.4. The molecule has 0 heterocycles. The fraction of sp³-hybridized carbons (Fsp3) is 0.467. The van der Waals surface area contributed by atoms with E-state index in [1.165, 1.54) is 0 Å². The normalized spacial score (nSPS) is 21.8. The van der Waals surface area contributed by atoms with Gasteiger partial charge in [-0.3, -0.25) is 5.32 Å². The number of anilines is 1. The monoisotopic (exact) mass is 273 g/mol. The van der Waals surface area contributed by atoms with Gasteiger partial charge in [0.15, 0.2) is 0 Å². The molecule has 106 valence electrons. The lowest BCUT2D eigenvalue weighted by Crippen LogP contribution is -2.35. The average molecular weight is 273 g/mol. The van der Waals surface area contributed by atoms with Crippen molar-refractivity contribution in [2.45, 2.75) is 31.8 Å². The molecule has 2 unspecified atom stereocenters. The molecule has 0 bridgehead atoms. The van der Waals surface area contributed by atoms with E-state index in [9.17, 15) is 4.79 Å². The number of hydrogen-bond donors (Lipinski definition) is 2. The molecule has 1 aliphatic rings. The fourth-order valence-corrected chi connectivity index (χ4v) is 2.55. The van der Waals surface area contributed by atoms with Gasteiger partial charge < -0.3 is 10.5 Å². The predicted molar refractivity (Wildman–Crippen MR) is 76.1 cm³/mol. The first-order valence-corrected chi connectivity index (χ1v) is 6.91. The van der Waals surface area contributed by atoms with Crippen molar-refractivity contribution in [3.8, 4) is 6.07 Å². The van der Waals surface area contributed by atoms with Crippen molar-refractivity contribution < 1.29 is 9.53 Å². The largest absolute Gasteiger partial charge is 0.446 e. The first-order chi connectivity index (χ1) is 9.72. The molecule has 1 amide bonds. The minimum Gasteiger partial charge on any atom is -0.446 e. The zero-order chi connectivity index (χ0) is 14.4. The average Bonchev–Trinajstić information content (AvgIpc) is 2.48. The van der Waals surface area contributed by atoms with E-state index in [4.69, 9.17) is 15.7 Å². The molecule has 0 spiro atoms. The van der Waals surface area contributed by atoms with Crippen molar-refractivity contribution in [2.24, 2.45) is 11.7 Å². The number of carbonyl (C=O) groups excluding carboxylic acids is 1. The predicted octanol–water partition coefficient (Wildman–Crippen LogP) is 2.62. The molecule has 5 heteroatoms. The number of rotatable bonds is 3. The van der Waals surface area contributed by atoms with Gasteiger partial charge in [0, 0.05) is 11.6 Å². The number of ether oxygens (including phenoxy) is 1. The third-order valence-corrected chi connectivity index (χ3v) is 3.64. The maximum atomic E-state index is 11.9. The van der Waals surface area contributed by atoms with E-state index in [2.05, 4.69) is 5.32 Å². The summed E-state index contributed by atoms with van der Waals surface area (Å²) in [4.78, 5) is 11.9. The molecule has 2 rings (SSSR count). The van der Waals surface area contributed by atoms with Crippen LogP contribution in [0.5, 0.6) is 0 Å². The summed E-state index contributed by atoms with van der Waals surface area (Å²) in [7, 11) is 0. The molecule has 1 aromatic carbocycles. The van der Waals surface area contributed by atoms with Crippen molar-refractivity contribution in [2.75, 3.05) is 11.9 Å². The number of nitrogens with one attached hydrogen (secondary N) is 1. The summed E-state index contributed by atoms with van der Waals surface area (Å²) in [6, 6.07) is 8.77. The Morgan fingerprint density at radius 1 is 1.45 bits per heavy atom. The van der Waals surface area contributed by atoms with E-state index in [1.807, 2.05) is 6.07 Å². The molecule has 1 fully saturated rings. The minimum absolute atomic E-state index is 0.104. The second-order valence-electron chi connectivity index (χ2n) is 5.04. The van der Waals surface area contributed by atoms with Gasteiger partial charge in [0.25, 0.3) is 0 Å². The van der Waals surface area contributed by atoms with Crippen LogP contribution in [-0.2, 0) is 4.74 Å². The molecular formula is C15H19N3O2. The number of nitriles is 1. The lowest BCUT2D eigenvalue weighted by Gasteiger charge is -2.30. The molecule has 20 heavy (non-hydrogen) atoms. The maximum absolute atomic E-state index is 11.9. The third kappa shape index (κ3) is 3.72. The number of nitrogens with zero attached hydrogens (tertiary/aromatic N) is 1. The lowest BCUT2D eigenvalue weighted by atomic mass is 9.86. The highest BCUT2D eigenvalue weighted by molar-refractivity contribution is 5.84. The summed E-state index contributed by atoms with van der Waals surface area (Å²) in [5.41, 5.74) is 6.78. The summed E-state index contributed by atoms with van der Waals surface area (Å²) < 4.78 is 5.46. The quantitative estimate of drug-likeness (QED) is 0.886. The topological polar surface area (TPSA) is 88.1 Å². The Bertz CT molecular complexity index is 510. The zero-order valence-corrected chi connectivity index (χ0v) is 11.3. The van der Waals surface area contributed by atoms with Crippen LogP contribution in [0.4, 0.5) is 10.5 Å². The van der Waals surface area contributed by atoms with Crippen molar-refractivity contribution in [3.63, 3.8) is 0 Å². The van der Waals surface area contributed by atoms with E-state index in [0.29, 0.717) is 17.8 Å². The smallest absolute Gasteiger partial charge is 0.411 e. The Morgan fingerprint density at radius 3 is 3.00 bits per heavy atom. The number of nitrogens with two attached hydrogens (primary N) is 1. The molecule has 1 aliphatic carbocycles. The van der Waals surface area contributed by atoms with Crippen molar-refractivity contribution >= 4 is 11.8 Å². The summed E-state index contributed by atoms with van der Waals surface area (Å²) >= 11 is 0. The van der Waals surface area contributed by atoms with Gasteiger partial charge in [-0.05, 0) is 44.0 Å². The number of carbonyl (C=O) groups is 1. The van der Waals surface area contributed by atoms with E-state index in [-0.39, 0.29) is 12.0 Å². The SMILES string of the molecule is N#Cc1cccc(NC(=O)OC2CCCCC2CN)c1. The molecule has 1 saturated carbocycles. The number of benzene rings is 1. The fourth-order valence-electron chi connectivity index (χ4n) is 2.55. The summed E-state index contributed by atoms with van der Waals surface area (Å²) in [5, 5.41) is 11.5. The number of hydrogen-bond acceptors (Lipinski definition) is 4. The highest BCUT2D eigenvalue weighted by atomic mass is 16.6. The van der Waals surface area contributed by atoms with Gasteiger partial charge in [0.2, 0.25) is 0 Å². The van der Waals surface area contributed by atoms with Gasteiger partial charge in [0.05, 0.1) is 11.6 Å². The Labute approximate surface area is 118 Å². The van der Waals surface area contributed by atoms with E-state index >= 15 is 0 Å². The highest BCUT2D eigenvalue weighted by Crippen LogP contribution is 2.26. The zero-order valence-electron chi connectivity index (χ0n) is 11.3. The Morgan fingerprint density at radius 2 is 2.25 bits per heavy atom. The standard InChI is InChI=1S/C15H19N3O2/c16-9-11-4-3-6-13(8-11)18-15(19)20-14-7-2-1-5-12(14)10-17/h3-4,6,8,12,14H,1-2,5,7,10,17H2,(H,18,19). The molecular weight excluding hydrogens is 254 g/mol. The lowest BCUT2D eigenvalue weighted by molar-refractivity contribution is 0.0489. The Balaban J connectivity index is 1.93. The van der Waals surface area contributed by atoms with Crippen LogP contribution in [0, 0.1) is 17.2 Å². The second kappa shape index (κ2) is 6.92. The van der Waals surface area contributed by atoms with Crippen LogP contribution in [0.1, 0.15) is 31.2 Å². The van der Waals surface area contributed by atoms with E-state index in [0.717, 1.165) is 25.7 Å². The molecule has 0 aliphatic heterocycles. The van der Waals surface area contributed by atoms with Crippen LogP contribution in [0.15, 0.2) is 24.3 Å². The van der Waals surface area contributed by atoms with Crippen LogP contribution in [-0.4, -0.2) is 18.7 Å². The van der Waals surface area contributed by atoms with Gasteiger partial charge in [-0.1, -0.05) is 12.5 Å². The molecule has 2 atom stereocenters. The summed E-state index contributed by atoms with van der Waals surface area (Å²) in [5.74, 6) is 0.250. The maximum Gasteiger partial charge on any atom is 0.411 e. The van der Waals surface area contributed by atoms with E-state index in [1.54, 1.807) is 24.3 Å². The number of amides is 1. The summed E-state index contributed by atoms with van der Waals surface area (Å²) in [6.45, 7) is 0.544. The first-order valence-electron chi connectivity index (χ1n) is 6.91. The Kier molecular flexibility index (Phi) is 4.97. The van der Waals surface area contributed by atoms with Crippen LogP contribution in [0.2, 0.25) is 0 Å². The summed E-state index contributed by atoms with van der Waals surface area (Å²) in [6.07, 6.45) is 3.51. The Hall–Kier alpha value is -2.06. The molecule has 0 saturated heterocycles. The molecule has 5 nitrogen and oxygen atoms in total. The molecule has 0 aromatic heterocycles. The van der Waals surface area contributed by atoms with Crippen LogP contribution in [0.3, 0.4) is 0 Å². The van der Waals surface area contributed by atoms with Crippen molar-refractivity contribution in [1.82, 2.24) is 0 Å².